The van der Waals surface area contributed by atoms with Crippen LogP contribution in [0, 0.1) is 10.1 Å². The van der Waals surface area contributed by atoms with Gasteiger partial charge < -0.3 is 5.32 Å². The van der Waals surface area contributed by atoms with Crippen LogP contribution in [0.2, 0.25) is 5.02 Å². The van der Waals surface area contributed by atoms with E-state index < -0.39 is 15.7 Å². The third-order valence-corrected chi connectivity index (χ3v) is 4.96. The molecule has 2 rings (SSSR count). The molecule has 0 atom stereocenters. The van der Waals surface area contributed by atoms with Crippen molar-refractivity contribution in [3.8, 4) is 0 Å². The summed E-state index contributed by atoms with van der Waals surface area (Å²) in [4.78, 5) is 10.3. The summed E-state index contributed by atoms with van der Waals surface area (Å²) in [6.07, 6.45) is 1.75. The smallest absolute Gasteiger partial charge is 0.269 e. The van der Waals surface area contributed by atoms with E-state index in [9.17, 15) is 14.3 Å². The monoisotopic (exact) mass is 302 g/mol. The Morgan fingerprint density at radius 3 is 2.74 bits per heavy atom. The van der Waals surface area contributed by atoms with Crippen LogP contribution in [0.25, 0.3) is 0 Å². The minimum Gasteiger partial charge on any atom is -0.310 e. The second kappa shape index (κ2) is 6.45. The van der Waals surface area contributed by atoms with Gasteiger partial charge in [0.1, 0.15) is 0 Å². The van der Waals surface area contributed by atoms with E-state index in [-0.39, 0.29) is 5.69 Å². The zero-order valence-electron chi connectivity index (χ0n) is 10.3. The fourth-order valence-electron chi connectivity index (χ4n) is 2.06. The highest BCUT2D eigenvalue weighted by molar-refractivity contribution is 7.85. The molecule has 0 amide bonds. The van der Waals surface area contributed by atoms with Crippen molar-refractivity contribution in [1.29, 1.82) is 0 Å². The van der Waals surface area contributed by atoms with E-state index in [1.54, 1.807) is 6.07 Å². The van der Waals surface area contributed by atoms with E-state index in [0.29, 0.717) is 17.6 Å². The van der Waals surface area contributed by atoms with Gasteiger partial charge in [-0.15, -0.1) is 0 Å². The minimum atomic E-state index is -0.679. The van der Waals surface area contributed by atoms with Crippen molar-refractivity contribution in [2.24, 2.45) is 0 Å². The molecule has 5 nitrogen and oxygen atoms in total. The average Bonchev–Trinajstić information content (AvgIpc) is 2.39. The van der Waals surface area contributed by atoms with Crippen LogP contribution in [-0.2, 0) is 17.3 Å². The summed E-state index contributed by atoms with van der Waals surface area (Å²) in [5.74, 6) is 1.45. The Morgan fingerprint density at radius 2 is 2.11 bits per heavy atom. The number of halogens is 1. The number of hydrogen-bond acceptors (Lipinski definition) is 4. The number of nitrogens with one attached hydrogen (secondary N) is 1. The second-order valence-electron chi connectivity index (χ2n) is 4.54. The highest BCUT2D eigenvalue weighted by Crippen LogP contribution is 2.22. The topological polar surface area (TPSA) is 72.2 Å². The number of non-ortho nitro benzene ring substituents is 1. The van der Waals surface area contributed by atoms with Gasteiger partial charge in [-0.25, -0.2) is 0 Å². The van der Waals surface area contributed by atoms with Gasteiger partial charge >= 0.3 is 0 Å². The van der Waals surface area contributed by atoms with Crippen molar-refractivity contribution < 1.29 is 9.13 Å². The first-order valence-electron chi connectivity index (χ1n) is 6.07. The van der Waals surface area contributed by atoms with Gasteiger partial charge in [-0.05, 0) is 24.5 Å². The van der Waals surface area contributed by atoms with Crippen molar-refractivity contribution in [2.75, 3.05) is 11.5 Å². The molecule has 1 aromatic carbocycles. The van der Waals surface area contributed by atoms with E-state index in [1.807, 2.05) is 0 Å². The summed E-state index contributed by atoms with van der Waals surface area (Å²) >= 11 is 6.03. The Bertz CT molecular complexity index is 500. The Labute approximate surface area is 118 Å². The molecule has 7 heteroatoms. The largest absolute Gasteiger partial charge is 0.310 e. The normalized spacial score (nSPS) is 23.2. The van der Waals surface area contributed by atoms with Crippen LogP contribution in [0.1, 0.15) is 18.4 Å². The average molecular weight is 303 g/mol. The standard InChI is InChI=1S/C12H15ClN2O3S/c13-12-2-1-11(15(16)17)7-9(12)8-14-10-3-5-19(18)6-4-10/h1-2,7,10,14H,3-6,8H2. The summed E-state index contributed by atoms with van der Waals surface area (Å²) in [6, 6.07) is 4.76. The van der Waals surface area contributed by atoms with Crippen molar-refractivity contribution in [3.05, 3.63) is 38.9 Å². The van der Waals surface area contributed by atoms with Gasteiger partial charge in [0.15, 0.2) is 0 Å². The molecule has 0 saturated carbocycles. The molecule has 0 radical (unpaired) electrons. The molecule has 1 fully saturated rings. The Balaban J connectivity index is 1.97. The molecule has 1 saturated heterocycles. The van der Waals surface area contributed by atoms with Crippen LogP contribution in [0.4, 0.5) is 5.69 Å². The molecule has 1 aliphatic heterocycles. The molecule has 1 aromatic rings. The van der Waals surface area contributed by atoms with E-state index in [0.717, 1.165) is 29.9 Å². The van der Waals surface area contributed by atoms with Crippen molar-refractivity contribution >= 4 is 28.1 Å². The lowest BCUT2D eigenvalue weighted by Crippen LogP contribution is -2.35. The van der Waals surface area contributed by atoms with E-state index >= 15 is 0 Å². The predicted molar refractivity (Wildman–Crippen MR) is 75.8 cm³/mol. The van der Waals surface area contributed by atoms with E-state index in [1.165, 1.54) is 12.1 Å². The van der Waals surface area contributed by atoms with Crippen LogP contribution < -0.4 is 5.32 Å². The van der Waals surface area contributed by atoms with Crippen molar-refractivity contribution in [3.63, 3.8) is 0 Å². The first-order chi connectivity index (χ1) is 9.06. The Kier molecular flexibility index (Phi) is 4.90. The molecular weight excluding hydrogens is 288 g/mol. The number of hydrogen-bond donors (Lipinski definition) is 1. The highest BCUT2D eigenvalue weighted by Gasteiger charge is 2.18. The van der Waals surface area contributed by atoms with Crippen LogP contribution in [0.15, 0.2) is 18.2 Å². The summed E-state index contributed by atoms with van der Waals surface area (Å²) in [7, 11) is -0.679. The predicted octanol–water partition coefficient (Wildman–Crippen LogP) is 2.25. The molecule has 1 aliphatic rings. The molecule has 19 heavy (non-hydrogen) atoms. The molecule has 104 valence electrons. The van der Waals surface area contributed by atoms with Crippen LogP contribution in [0.5, 0.6) is 0 Å². The maximum Gasteiger partial charge on any atom is 0.269 e. The van der Waals surface area contributed by atoms with E-state index in [2.05, 4.69) is 5.32 Å². The SMILES string of the molecule is O=[N+]([O-])c1ccc(Cl)c(CNC2CCS(=O)CC2)c1. The number of nitro groups is 1. The molecule has 0 aliphatic carbocycles. The summed E-state index contributed by atoms with van der Waals surface area (Å²) in [5.41, 5.74) is 0.772. The number of nitro benzene ring substituents is 1. The quantitative estimate of drug-likeness (QED) is 0.684. The summed E-state index contributed by atoms with van der Waals surface area (Å²) in [6.45, 7) is 0.498. The van der Waals surface area contributed by atoms with Gasteiger partial charge in [-0.1, -0.05) is 11.6 Å². The third kappa shape index (κ3) is 3.99. The lowest BCUT2D eigenvalue weighted by Gasteiger charge is -2.22. The molecule has 0 spiro atoms. The number of rotatable bonds is 4. The number of nitrogens with zero attached hydrogens (tertiary/aromatic N) is 1. The number of benzene rings is 1. The molecule has 1 heterocycles. The minimum absolute atomic E-state index is 0.0472. The first kappa shape index (κ1) is 14.4. The Morgan fingerprint density at radius 1 is 1.42 bits per heavy atom. The molecule has 1 N–H and O–H groups in total. The van der Waals surface area contributed by atoms with Crippen LogP contribution in [-0.4, -0.2) is 26.7 Å². The van der Waals surface area contributed by atoms with Crippen molar-refractivity contribution in [2.45, 2.75) is 25.4 Å². The molecule has 0 bridgehead atoms. The van der Waals surface area contributed by atoms with Gasteiger partial charge in [0.25, 0.3) is 5.69 Å². The highest BCUT2D eigenvalue weighted by atomic mass is 35.5. The van der Waals surface area contributed by atoms with Gasteiger partial charge in [-0.2, -0.15) is 0 Å². The lowest BCUT2D eigenvalue weighted by molar-refractivity contribution is -0.384. The third-order valence-electron chi connectivity index (χ3n) is 3.21. The second-order valence-corrected chi connectivity index (χ2v) is 6.64. The maximum absolute atomic E-state index is 11.2. The zero-order chi connectivity index (χ0) is 13.8. The summed E-state index contributed by atoms with van der Waals surface area (Å²) < 4.78 is 11.2. The van der Waals surface area contributed by atoms with Crippen LogP contribution >= 0.6 is 11.6 Å². The maximum atomic E-state index is 11.2. The van der Waals surface area contributed by atoms with Gasteiger partial charge in [-0.3, -0.25) is 14.3 Å². The fourth-order valence-corrected chi connectivity index (χ4v) is 3.55. The Hall–Kier alpha value is -0.980. The van der Waals surface area contributed by atoms with Gasteiger partial charge in [0.05, 0.1) is 4.92 Å². The first-order valence-corrected chi connectivity index (χ1v) is 7.94. The molecule has 0 unspecified atom stereocenters. The lowest BCUT2D eigenvalue weighted by atomic mass is 10.1. The fraction of sp³-hybridized carbons (Fsp3) is 0.500. The van der Waals surface area contributed by atoms with Crippen molar-refractivity contribution in [1.82, 2.24) is 5.32 Å². The molecular formula is C12H15ClN2O3S. The van der Waals surface area contributed by atoms with E-state index in [4.69, 9.17) is 11.6 Å². The van der Waals surface area contributed by atoms with Gasteiger partial charge in [0, 0.05) is 52.0 Å². The summed E-state index contributed by atoms with van der Waals surface area (Å²) in [5, 5.41) is 14.6. The molecule has 0 aromatic heterocycles. The zero-order valence-corrected chi connectivity index (χ0v) is 11.9. The van der Waals surface area contributed by atoms with Crippen LogP contribution in [0.3, 0.4) is 0 Å². The van der Waals surface area contributed by atoms with Gasteiger partial charge in [0.2, 0.25) is 0 Å².